The maximum absolute atomic E-state index is 11.9. The second-order valence-electron chi connectivity index (χ2n) is 4.04. The molecule has 90 valence electrons. The molecule has 0 saturated carbocycles. The van der Waals surface area contributed by atoms with Crippen molar-refractivity contribution in [2.45, 2.75) is 12.5 Å². The molecule has 1 aromatic rings. The lowest BCUT2D eigenvalue weighted by molar-refractivity contribution is -0.118. The van der Waals surface area contributed by atoms with Crippen molar-refractivity contribution in [3.8, 4) is 0 Å². The zero-order valence-corrected chi connectivity index (χ0v) is 10.5. The number of rotatable bonds is 2. The summed E-state index contributed by atoms with van der Waals surface area (Å²) in [4.78, 5) is 11.9. The van der Waals surface area contributed by atoms with Gasteiger partial charge in [0.15, 0.2) is 0 Å². The summed E-state index contributed by atoms with van der Waals surface area (Å²) in [5.74, 6) is -0.268. The van der Waals surface area contributed by atoms with Crippen molar-refractivity contribution < 1.29 is 4.79 Å². The van der Waals surface area contributed by atoms with Gasteiger partial charge in [-0.05, 0) is 24.6 Å². The lowest BCUT2D eigenvalue weighted by Gasteiger charge is -2.11. The van der Waals surface area contributed by atoms with Crippen LogP contribution in [0.5, 0.6) is 0 Å². The predicted molar refractivity (Wildman–Crippen MR) is 70.3 cm³/mol. The number of nitrogens with two attached hydrogens (primary N) is 1. The topological polar surface area (TPSA) is 55.1 Å². The monoisotopic (exact) mass is 270 g/mol. The number of hydrogen-bond donors (Lipinski definition) is 2. The Morgan fingerprint density at radius 1 is 1.24 bits per heavy atom. The molecule has 0 radical (unpaired) electrons. The van der Waals surface area contributed by atoms with Crippen molar-refractivity contribution in [1.82, 2.24) is 0 Å². The third kappa shape index (κ3) is 3.22. The summed E-state index contributed by atoms with van der Waals surface area (Å²) in [6.45, 7) is 0. The molecule has 2 unspecified atom stereocenters. The average molecular weight is 271 g/mol. The second kappa shape index (κ2) is 5.08. The summed E-state index contributed by atoms with van der Waals surface area (Å²) in [7, 11) is 0. The summed E-state index contributed by atoms with van der Waals surface area (Å²) >= 11 is 11.7. The Hall–Kier alpha value is -1.03. The van der Waals surface area contributed by atoms with Crippen molar-refractivity contribution in [3.05, 3.63) is 40.4 Å². The van der Waals surface area contributed by atoms with E-state index in [4.69, 9.17) is 28.9 Å². The smallest absolute Gasteiger partial charge is 0.231 e. The van der Waals surface area contributed by atoms with Crippen molar-refractivity contribution in [2.75, 3.05) is 5.32 Å². The molecule has 17 heavy (non-hydrogen) atoms. The highest BCUT2D eigenvalue weighted by atomic mass is 35.5. The Kier molecular flexibility index (Phi) is 3.72. The number of carbonyl (C=O) groups is 1. The van der Waals surface area contributed by atoms with Crippen LogP contribution in [0.4, 0.5) is 5.69 Å². The van der Waals surface area contributed by atoms with Gasteiger partial charge in [-0.3, -0.25) is 4.79 Å². The molecule has 0 spiro atoms. The Morgan fingerprint density at radius 2 is 1.88 bits per heavy atom. The number of hydrogen-bond acceptors (Lipinski definition) is 2. The highest BCUT2D eigenvalue weighted by Crippen LogP contribution is 2.24. The maximum Gasteiger partial charge on any atom is 0.231 e. The third-order valence-corrected chi connectivity index (χ3v) is 3.02. The minimum Gasteiger partial charge on any atom is -0.325 e. The van der Waals surface area contributed by atoms with Crippen molar-refractivity contribution in [2.24, 2.45) is 11.7 Å². The summed E-state index contributed by atoms with van der Waals surface area (Å²) in [5.41, 5.74) is 6.29. The molecule has 3 N–H and O–H groups in total. The first kappa shape index (κ1) is 12.4. The van der Waals surface area contributed by atoms with Gasteiger partial charge in [0.25, 0.3) is 0 Å². The number of carbonyl (C=O) groups excluding carboxylic acids is 1. The van der Waals surface area contributed by atoms with Crippen molar-refractivity contribution in [3.63, 3.8) is 0 Å². The first-order chi connectivity index (χ1) is 8.04. The second-order valence-corrected chi connectivity index (χ2v) is 4.91. The van der Waals surface area contributed by atoms with Crippen molar-refractivity contribution >= 4 is 34.8 Å². The number of amides is 1. The lowest BCUT2D eigenvalue weighted by atomic mass is 10.1. The van der Waals surface area contributed by atoms with E-state index >= 15 is 0 Å². The molecule has 0 bridgehead atoms. The highest BCUT2D eigenvalue weighted by Gasteiger charge is 2.22. The van der Waals surface area contributed by atoms with Gasteiger partial charge in [-0.25, -0.2) is 0 Å². The number of benzene rings is 1. The third-order valence-electron chi connectivity index (χ3n) is 2.58. The largest absolute Gasteiger partial charge is 0.325 e. The van der Waals surface area contributed by atoms with Crippen LogP contribution < -0.4 is 11.1 Å². The van der Waals surface area contributed by atoms with Gasteiger partial charge in [0.1, 0.15) is 0 Å². The summed E-state index contributed by atoms with van der Waals surface area (Å²) < 4.78 is 0. The van der Waals surface area contributed by atoms with Crippen molar-refractivity contribution in [1.29, 1.82) is 0 Å². The van der Waals surface area contributed by atoms with Crippen LogP contribution in [0.15, 0.2) is 30.4 Å². The fourth-order valence-electron chi connectivity index (χ4n) is 1.78. The lowest BCUT2D eigenvalue weighted by Crippen LogP contribution is -2.23. The Bertz CT molecular complexity index is 453. The Labute approximate surface area is 110 Å². The summed E-state index contributed by atoms with van der Waals surface area (Å²) in [6, 6.07) is 4.89. The van der Waals surface area contributed by atoms with Crippen LogP contribution in [0.1, 0.15) is 6.42 Å². The van der Waals surface area contributed by atoms with E-state index in [1.54, 1.807) is 18.2 Å². The van der Waals surface area contributed by atoms with Gasteiger partial charge in [0.05, 0.1) is 5.92 Å². The van der Waals surface area contributed by atoms with Gasteiger partial charge >= 0.3 is 0 Å². The van der Waals surface area contributed by atoms with E-state index in [0.29, 0.717) is 22.2 Å². The Balaban J connectivity index is 2.05. The molecule has 2 rings (SSSR count). The molecule has 2 atom stereocenters. The Morgan fingerprint density at radius 3 is 2.41 bits per heavy atom. The minimum absolute atomic E-state index is 0.0336. The number of halogens is 2. The molecule has 0 heterocycles. The number of anilines is 1. The SMILES string of the molecule is NC1C=CC(C(=O)Nc2cc(Cl)cc(Cl)c2)C1. The van der Waals surface area contributed by atoms with Crippen LogP contribution >= 0.6 is 23.2 Å². The molecule has 3 nitrogen and oxygen atoms in total. The molecule has 1 aliphatic rings. The van der Waals surface area contributed by atoms with Gasteiger partial charge in [-0.15, -0.1) is 0 Å². The van der Waals surface area contributed by atoms with Crippen LogP contribution in [-0.2, 0) is 4.79 Å². The van der Waals surface area contributed by atoms with Crippen LogP contribution in [0.3, 0.4) is 0 Å². The maximum atomic E-state index is 11.9. The molecule has 1 aliphatic carbocycles. The fraction of sp³-hybridized carbons (Fsp3) is 0.250. The van der Waals surface area contributed by atoms with Crippen LogP contribution in [-0.4, -0.2) is 11.9 Å². The quantitative estimate of drug-likeness (QED) is 0.812. The van der Waals surface area contributed by atoms with Gasteiger partial charge in [0, 0.05) is 21.8 Å². The van der Waals surface area contributed by atoms with E-state index in [9.17, 15) is 4.79 Å². The molecule has 0 aliphatic heterocycles. The predicted octanol–water partition coefficient (Wildman–Crippen LogP) is 2.84. The van der Waals surface area contributed by atoms with E-state index < -0.39 is 0 Å². The normalized spacial score (nSPS) is 22.8. The molecule has 0 fully saturated rings. The first-order valence-electron chi connectivity index (χ1n) is 5.25. The molecule has 5 heteroatoms. The average Bonchev–Trinajstić information content (AvgIpc) is 2.63. The zero-order chi connectivity index (χ0) is 12.4. The highest BCUT2D eigenvalue weighted by molar-refractivity contribution is 6.35. The molecular formula is C12H12Cl2N2O. The molecule has 1 amide bonds. The molecular weight excluding hydrogens is 259 g/mol. The van der Waals surface area contributed by atoms with E-state index in [1.165, 1.54) is 0 Å². The van der Waals surface area contributed by atoms with Crippen LogP contribution in [0.2, 0.25) is 10.0 Å². The van der Waals surface area contributed by atoms with Gasteiger partial charge in [-0.2, -0.15) is 0 Å². The van der Waals surface area contributed by atoms with Crippen LogP contribution in [0, 0.1) is 5.92 Å². The van der Waals surface area contributed by atoms with E-state index in [0.717, 1.165) is 0 Å². The molecule has 1 aromatic carbocycles. The van der Waals surface area contributed by atoms with E-state index in [1.807, 2.05) is 12.2 Å². The molecule has 0 saturated heterocycles. The van der Waals surface area contributed by atoms with Crippen LogP contribution in [0.25, 0.3) is 0 Å². The summed E-state index contributed by atoms with van der Waals surface area (Å²) in [5, 5.41) is 3.76. The fourth-order valence-corrected chi connectivity index (χ4v) is 2.31. The van der Waals surface area contributed by atoms with Gasteiger partial charge < -0.3 is 11.1 Å². The molecule has 0 aromatic heterocycles. The standard InChI is InChI=1S/C12H12Cl2N2O/c13-8-4-9(14)6-11(5-8)16-12(17)7-1-2-10(15)3-7/h1-2,4-7,10H,3,15H2,(H,16,17). The van der Waals surface area contributed by atoms with Gasteiger partial charge in [0.2, 0.25) is 5.91 Å². The van der Waals surface area contributed by atoms with E-state index in [-0.39, 0.29) is 17.9 Å². The van der Waals surface area contributed by atoms with E-state index in [2.05, 4.69) is 5.32 Å². The first-order valence-corrected chi connectivity index (χ1v) is 6.01. The van der Waals surface area contributed by atoms with Gasteiger partial charge in [-0.1, -0.05) is 35.4 Å². The summed E-state index contributed by atoms with van der Waals surface area (Å²) in [6.07, 6.45) is 4.31. The minimum atomic E-state index is -0.178. The zero-order valence-electron chi connectivity index (χ0n) is 8.99. The number of nitrogens with one attached hydrogen (secondary N) is 1.